The number of carbonyl (C=O) groups excluding carboxylic acids is 5. The van der Waals surface area contributed by atoms with E-state index in [0.29, 0.717) is 0 Å². The minimum atomic E-state index is -2.04. The number of rotatable bonds is 2. The van der Waals surface area contributed by atoms with Gasteiger partial charge in [-0.1, -0.05) is 45.9 Å². The maximum atomic E-state index is 14.1. The smallest absolute Gasteiger partial charge is 0.335 e. The van der Waals surface area contributed by atoms with Gasteiger partial charge in [0.2, 0.25) is 5.78 Å². The maximum Gasteiger partial charge on any atom is 0.335 e. The van der Waals surface area contributed by atoms with Gasteiger partial charge < -0.3 is 44.0 Å². The SMILES string of the molecule is CO[C@H]1/C=C/O[C@@]2(C)Oc3ccc4c(c3C2=O)C2(C=C(NC(=O)/C(C)=C\C=C\[C@H](C)[C@H](O)[C@@H](C)[C@@H](O)[C@@H](C)[C@H](OC(C)=O)[C@@H]1C)C4=O)OCC(=O)O2. The predicted octanol–water partition coefficient (Wildman–Crippen LogP) is 3.16. The number of fused-ring (bicyclic) bond motifs is 13. The number of amides is 1. The Hall–Kier alpha value is -4.63. The summed E-state index contributed by atoms with van der Waals surface area (Å²) in [5.41, 5.74) is -0.271. The van der Waals surface area contributed by atoms with Crippen LogP contribution in [0.5, 0.6) is 5.75 Å². The van der Waals surface area contributed by atoms with Crippen LogP contribution in [0.15, 0.2) is 60.0 Å². The van der Waals surface area contributed by atoms with E-state index in [1.807, 2.05) is 0 Å². The molecule has 10 atom stereocenters. The quantitative estimate of drug-likeness (QED) is 0.377. The van der Waals surface area contributed by atoms with Crippen LogP contribution in [0.4, 0.5) is 0 Å². The molecule has 1 fully saturated rings. The first-order valence-electron chi connectivity index (χ1n) is 17.1. The van der Waals surface area contributed by atoms with Crippen LogP contribution >= 0.6 is 0 Å². The van der Waals surface area contributed by atoms with Gasteiger partial charge in [0.05, 0.1) is 41.4 Å². The first kappa shape index (κ1) is 38.6. The van der Waals surface area contributed by atoms with Gasteiger partial charge in [0.25, 0.3) is 17.5 Å². The van der Waals surface area contributed by atoms with Gasteiger partial charge in [0, 0.05) is 61.8 Å². The minimum absolute atomic E-state index is 0.0373. The van der Waals surface area contributed by atoms with Gasteiger partial charge in [0.15, 0.2) is 0 Å². The number of benzene rings is 1. The van der Waals surface area contributed by atoms with E-state index >= 15 is 0 Å². The van der Waals surface area contributed by atoms with E-state index in [9.17, 15) is 34.2 Å². The van der Waals surface area contributed by atoms with Crippen LogP contribution in [0, 0.1) is 23.7 Å². The summed E-state index contributed by atoms with van der Waals surface area (Å²) >= 11 is 0. The van der Waals surface area contributed by atoms with Crippen molar-refractivity contribution in [3.63, 3.8) is 0 Å². The van der Waals surface area contributed by atoms with E-state index in [-0.39, 0.29) is 33.7 Å². The highest BCUT2D eigenvalue weighted by Crippen LogP contribution is 2.49. The van der Waals surface area contributed by atoms with Crippen molar-refractivity contribution >= 4 is 29.4 Å². The van der Waals surface area contributed by atoms with Gasteiger partial charge in [0.1, 0.15) is 18.5 Å². The summed E-state index contributed by atoms with van der Waals surface area (Å²) in [7, 11) is 1.44. The summed E-state index contributed by atoms with van der Waals surface area (Å²) in [6.07, 6.45) is 4.81. The van der Waals surface area contributed by atoms with Gasteiger partial charge in [-0.05, 0) is 25.1 Å². The number of hydrogen-bond donors (Lipinski definition) is 3. The fourth-order valence-corrected chi connectivity index (χ4v) is 7.09. The van der Waals surface area contributed by atoms with E-state index in [2.05, 4.69) is 5.32 Å². The van der Waals surface area contributed by atoms with Crippen molar-refractivity contribution in [2.24, 2.45) is 23.7 Å². The number of ether oxygens (including phenoxy) is 6. The average Bonchev–Trinajstić information content (AvgIpc) is 3.60. The third-order valence-corrected chi connectivity index (χ3v) is 10.2. The third kappa shape index (κ3) is 7.07. The van der Waals surface area contributed by atoms with Crippen molar-refractivity contribution in [1.82, 2.24) is 5.32 Å². The Morgan fingerprint density at radius 1 is 0.981 bits per heavy atom. The largest absolute Gasteiger partial charge is 0.462 e. The molecule has 5 bridgehead atoms. The van der Waals surface area contributed by atoms with Gasteiger partial charge >= 0.3 is 17.7 Å². The second-order valence-electron chi connectivity index (χ2n) is 13.9. The average molecular weight is 724 g/mol. The summed E-state index contributed by atoms with van der Waals surface area (Å²) in [5.74, 6) is -9.72. The lowest BCUT2D eigenvalue weighted by molar-refractivity contribution is -0.161. The number of allylic oxidation sites excluding steroid dienone is 3. The Morgan fingerprint density at radius 2 is 1.69 bits per heavy atom. The Balaban J connectivity index is 1.60. The number of Topliss-reactive ketones (excluding diaryl/α,β-unsaturated/α-hetero) is 2. The molecule has 4 heterocycles. The zero-order valence-electron chi connectivity index (χ0n) is 30.3. The number of ketones is 2. The molecule has 1 saturated heterocycles. The molecule has 3 N–H and O–H groups in total. The lowest BCUT2D eigenvalue weighted by Gasteiger charge is -2.38. The van der Waals surface area contributed by atoms with Crippen molar-refractivity contribution < 1.29 is 62.6 Å². The minimum Gasteiger partial charge on any atom is -0.462 e. The lowest BCUT2D eigenvalue weighted by Crippen LogP contribution is -2.46. The van der Waals surface area contributed by atoms with Crippen LogP contribution in [0.1, 0.15) is 74.7 Å². The van der Waals surface area contributed by atoms with Crippen LogP contribution in [0.25, 0.3) is 0 Å². The van der Waals surface area contributed by atoms with Crippen molar-refractivity contribution in [2.45, 2.75) is 84.5 Å². The highest BCUT2D eigenvalue weighted by molar-refractivity contribution is 6.17. The Morgan fingerprint density at radius 3 is 2.33 bits per heavy atom. The molecule has 1 aliphatic carbocycles. The van der Waals surface area contributed by atoms with Crippen LogP contribution in [-0.4, -0.2) is 83.5 Å². The molecule has 1 spiro atoms. The summed E-state index contributed by atoms with van der Waals surface area (Å²) < 4.78 is 34.7. The molecule has 0 saturated carbocycles. The zero-order valence-corrected chi connectivity index (χ0v) is 30.3. The highest BCUT2D eigenvalue weighted by Gasteiger charge is 2.56. The first-order chi connectivity index (χ1) is 24.4. The van der Waals surface area contributed by atoms with Crippen LogP contribution in [0.2, 0.25) is 0 Å². The molecule has 0 aromatic heterocycles. The van der Waals surface area contributed by atoms with E-state index in [4.69, 9.17) is 28.4 Å². The topological polar surface area (TPSA) is 193 Å². The summed E-state index contributed by atoms with van der Waals surface area (Å²) in [4.78, 5) is 65.9. The van der Waals surface area contributed by atoms with Gasteiger partial charge in [-0.25, -0.2) is 4.79 Å². The second kappa shape index (κ2) is 14.8. The molecule has 280 valence electrons. The number of carbonyl (C=O) groups is 5. The molecule has 1 aromatic rings. The van der Waals surface area contributed by atoms with Crippen LogP contribution < -0.4 is 10.1 Å². The molecule has 14 heteroatoms. The van der Waals surface area contributed by atoms with Crippen molar-refractivity contribution in [3.05, 3.63) is 76.7 Å². The Bertz CT molecular complexity index is 1780. The van der Waals surface area contributed by atoms with Gasteiger partial charge in [-0.2, -0.15) is 0 Å². The van der Waals surface area contributed by atoms with Crippen molar-refractivity contribution in [3.8, 4) is 5.75 Å². The van der Waals surface area contributed by atoms with Crippen molar-refractivity contribution in [1.29, 1.82) is 0 Å². The molecule has 6 rings (SSSR count). The number of hydrogen-bond acceptors (Lipinski definition) is 13. The second-order valence-corrected chi connectivity index (χ2v) is 13.9. The standard InChI is InChI=1S/C38H45NO13/c1-18-10-9-11-19(2)36(46)39-25-16-38(49-17-28(41)52-38)30-24(33(25)44)12-13-27-29(30)35(45)37(7,51-27)48-15-14-26(47-8)20(3)34(50-23(6)40)22(5)32(43)21(4)31(18)42/h9-16,18,20-22,26,31-32,34,42-43H,17H2,1-8H3,(H,39,46)/b10-9+,15-14+,19-11-/t18-,20+,21+,22+,26-,31-,32+,34+,37-,38?/m0/s1. The van der Waals surface area contributed by atoms with Crippen LogP contribution in [0.3, 0.4) is 0 Å². The predicted molar refractivity (Wildman–Crippen MR) is 182 cm³/mol. The Kier molecular flexibility index (Phi) is 11.0. The van der Waals surface area contributed by atoms with E-state index < -0.39 is 95.7 Å². The molecule has 52 heavy (non-hydrogen) atoms. The molecule has 14 nitrogen and oxygen atoms in total. The molecule has 5 aliphatic rings. The molecule has 1 aromatic carbocycles. The molecule has 4 aliphatic heterocycles. The normalized spacial score (nSPS) is 37.6. The molecular formula is C38H45NO13. The zero-order chi connectivity index (χ0) is 38.3. The first-order valence-corrected chi connectivity index (χ1v) is 17.1. The van der Waals surface area contributed by atoms with E-state index in [1.54, 1.807) is 39.8 Å². The number of aliphatic hydroxyl groups excluding tert-OH is 2. The number of nitrogens with one attached hydrogen (secondary N) is 1. The number of aliphatic hydroxyl groups is 2. The fourth-order valence-electron chi connectivity index (χ4n) is 7.09. The molecule has 1 amide bonds. The number of methoxy groups -OCH3 is 1. The van der Waals surface area contributed by atoms with Gasteiger partial charge in [-0.3, -0.25) is 19.2 Å². The molecular weight excluding hydrogens is 678 g/mol. The maximum absolute atomic E-state index is 14.1. The van der Waals surface area contributed by atoms with Gasteiger partial charge in [-0.15, -0.1) is 0 Å². The summed E-state index contributed by atoms with van der Waals surface area (Å²) in [6, 6.07) is 2.79. The summed E-state index contributed by atoms with van der Waals surface area (Å²) in [6.45, 7) is 10.6. The monoisotopic (exact) mass is 723 g/mol. The summed E-state index contributed by atoms with van der Waals surface area (Å²) in [5, 5.41) is 25.2. The van der Waals surface area contributed by atoms with Crippen LogP contribution in [-0.2, 0) is 43.9 Å². The van der Waals surface area contributed by atoms with Crippen molar-refractivity contribution in [2.75, 3.05) is 13.7 Å². The third-order valence-electron chi connectivity index (χ3n) is 10.2. The molecule has 1 unspecified atom stereocenters. The fraction of sp³-hybridized carbons (Fsp3) is 0.500. The van der Waals surface area contributed by atoms with E-state index in [0.717, 1.165) is 6.08 Å². The molecule has 0 radical (unpaired) electrons. The number of esters is 2. The highest BCUT2D eigenvalue weighted by atomic mass is 16.8. The lowest BCUT2D eigenvalue weighted by atomic mass is 9.78. The Labute approximate surface area is 301 Å². The van der Waals surface area contributed by atoms with E-state index in [1.165, 1.54) is 58.4 Å².